The number of hydrogen-bond acceptors (Lipinski definition) is 1. The summed E-state index contributed by atoms with van der Waals surface area (Å²) in [6.07, 6.45) is 11.8. The van der Waals surface area contributed by atoms with Crippen molar-refractivity contribution in [1.29, 1.82) is 0 Å². The molecule has 0 bridgehead atoms. The fourth-order valence-corrected chi connectivity index (χ4v) is 1.10. The van der Waals surface area contributed by atoms with Crippen molar-refractivity contribution in [1.82, 2.24) is 0 Å². The zero-order chi connectivity index (χ0) is 7.45. The van der Waals surface area contributed by atoms with Crippen molar-refractivity contribution < 1.29 is 0 Å². The van der Waals surface area contributed by atoms with Crippen molar-refractivity contribution in [2.24, 2.45) is 5.73 Å². The molecule has 0 heterocycles. The van der Waals surface area contributed by atoms with Crippen LogP contribution in [-0.2, 0) is 0 Å². The maximum atomic E-state index is 5.96. The van der Waals surface area contributed by atoms with Crippen LogP contribution in [0.15, 0.2) is 37.0 Å². The molecule has 0 radical (unpaired) electrons. The number of allylic oxidation sites excluding steroid dienone is 2. The van der Waals surface area contributed by atoms with E-state index in [1.807, 2.05) is 24.3 Å². The molecule has 1 rings (SSSR count). The first kappa shape index (κ1) is 7.29. The molecule has 1 heteroatoms. The molecular weight excluding hydrogens is 122 g/mol. The Bertz CT molecular complexity index is 175. The molecule has 1 aliphatic carbocycles. The van der Waals surface area contributed by atoms with E-state index in [0.29, 0.717) is 0 Å². The van der Waals surface area contributed by atoms with Crippen molar-refractivity contribution in [2.75, 3.05) is 0 Å². The van der Waals surface area contributed by atoms with E-state index in [1.165, 1.54) is 0 Å². The van der Waals surface area contributed by atoms with Crippen LogP contribution in [0, 0.1) is 0 Å². The second-order valence-electron chi connectivity index (χ2n) is 2.72. The summed E-state index contributed by atoms with van der Waals surface area (Å²) >= 11 is 0. The fourth-order valence-electron chi connectivity index (χ4n) is 1.10. The Balaban J connectivity index is 2.60. The van der Waals surface area contributed by atoms with Crippen LogP contribution in [0.25, 0.3) is 0 Å². The van der Waals surface area contributed by atoms with Crippen LogP contribution in [0.4, 0.5) is 0 Å². The van der Waals surface area contributed by atoms with E-state index in [0.717, 1.165) is 12.8 Å². The molecular formula is C9H13N. The Morgan fingerprint density at radius 2 is 2.40 bits per heavy atom. The van der Waals surface area contributed by atoms with Gasteiger partial charge in [-0.1, -0.05) is 30.4 Å². The molecule has 54 valence electrons. The van der Waals surface area contributed by atoms with Gasteiger partial charge in [0, 0.05) is 5.54 Å². The van der Waals surface area contributed by atoms with E-state index in [2.05, 4.69) is 12.7 Å². The average molecular weight is 135 g/mol. The lowest BCUT2D eigenvalue weighted by Crippen LogP contribution is -2.36. The van der Waals surface area contributed by atoms with E-state index in [9.17, 15) is 0 Å². The molecule has 0 spiro atoms. The summed E-state index contributed by atoms with van der Waals surface area (Å²) in [5.74, 6) is 0. The molecule has 1 nitrogen and oxygen atoms in total. The number of rotatable bonds is 2. The van der Waals surface area contributed by atoms with Gasteiger partial charge in [0.25, 0.3) is 0 Å². The maximum absolute atomic E-state index is 5.96. The molecule has 1 aliphatic rings. The maximum Gasteiger partial charge on any atom is 0.0412 e. The molecule has 0 saturated carbocycles. The van der Waals surface area contributed by atoms with Crippen molar-refractivity contribution in [3.8, 4) is 0 Å². The molecule has 0 aromatic carbocycles. The Morgan fingerprint density at radius 1 is 1.60 bits per heavy atom. The Morgan fingerprint density at radius 3 is 2.90 bits per heavy atom. The minimum absolute atomic E-state index is 0.156. The van der Waals surface area contributed by atoms with Crippen LogP contribution in [0.5, 0.6) is 0 Å². The van der Waals surface area contributed by atoms with Crippen LogP contribution in [-0.4, -0.2) is 5.54 Å². The van der Waals surface area contributed by atoms with Gasteiger partial charge in [-0.05, 0) is 12.8 Å². The highest BCUT2D eigenvalue weighted by Crippen LogP contribution is 2.18. The second-order valence-corrected chi connectivity index (χ2v) is 2.72. The Labute approximate surface area is 61.9 Å². The summed E-state index contributed by atoms with van der Waals surface area (Å²) in [6, 6.07) is 0. The predicted molar refractivity (Wildman–Crippen MR) is 44.6 cm³/mol. The highest BCUT2D eigenvalue weighted by molar-refractivity contribution is 5.20. The van der Waals surface area contributed by atoms with E-state index in [4.69, 9.17) is 5.73 Å². The van der Waals surface area contributed by atoms with Crippen molar-refractivity contribution in [3.05, 3.63) is 37.0 Å². The minimum Gasteiger partial charge on any atom is -0.321 e. The molecule has 0 aromatic heterocycles. The normalized spacial score (nSPS) is 30.5. The molecule has 0 saturated heterocycles. The van der Waals surface area contributed by atoms with E-state index in [1.54, 1.807) is 0 Å². The number of nitrogens with two attached hydrogens (primary N) is 1. The second kappa shape index (κ2) is 2.84. The summed E-state index contributed by atoms with van der Waals surface area (Å²) in [5.41, 5.74) is 5.80. The molecule has 0 aliphatic heterocycles. The lowest BCUT2D eigenvalue weighted by atomic mass is 9.89. The smallest absolute Gasteiger partial charge is 0.0412 e. The van der Waals surface area contributed by atoms with Crippen molar-refractivity contribution in [3.63, 3.8) is 0 Å². The molecule has 1 unspecified atom stereocenters. The van der Waals surface area contributed by atoms with Gasteiger partial charge in [-0.3, -0.25) is 0 Å². The van der Waals surface area contributed by atoms with Gasteiger partial charge in [0.1, 0.15) is 0 Å². The zero-order valence-corrected chi connectivity index (χ0v) is 6.09. The molecule has 2 N–H and O–H groups in total. The van der Waals surface area contributed by atoms with Gasteiger partial charge in [0.15, 0.2) is 0 Å². The van der Waals surface area contributed by atoms with Gasteiger partial charge in [-0.25, -0.2) is 0 Å². The quantitative estimate of drug-likeness (QED) is 0.574. The van der Waals surface area contributed by atoms with E-state index in [-0.39, 0.29) is 5.54 Å². The van der Waals surface area contributed by atoms with Crippen LogP contribution in [0.2, 0.25) is 0 Å². The SMILES string of the molecule is C=CCC1(N)C=CC=CC1. The highest BCUT2D eigenvalue weighted by Gasteiger charge is 2.18. The van der Waals surface area contributed by atoms with Crippen LogP contribution in [0.3, 0.4) is 0 Å². The predicted octanol–water partition coefficient (Wildman–Crippen LogP) is 1.78. The molecule has 0 aromatic rings. The standard InChI is InChI=1S/C9H13N/c1-2-6-9(10)7-4-3-5-8-9/h2-5,7H,1,6,8,10H2. The summed E-state index contributed by atoms with van der Waals surface area (Å²) < 4.78 is 0. The molecule has 0 amide bonds. The lowest BCUT2D eigenvalue weighted by molar-refractivity contribution is 0.539. The highest BCUT2D eigenvalue weighted by atomic mass is 14.7. The van der Waals surface area contributed by atoms with Gasteiger partial charge >= 0.3 is 0 Å². The number of hydrogen-bond donors (Lipinski definition) is 1. The summed E-state index contributed by atoms with van der Waals surface area (Å²) in [6.45, 7) is 3.66. The van der Waals surface area contributed by atoms with Gasteiger partial charge in [-0.2, -0.15) is 0 Å². The molecule has 1 atom stereocenters. The summed E-state index contributed by atoms with van der Waals surface area (Å²) in [4.78, 5) is 0. The Kier molecular flexibility index (Phi) is 2.07. The third-order valence-corrected chi connectivity index (χ3v) is 1.70. The molecule has 0 fully saturated rings. The zero-order valence-electron chi connectivity index (χ0n) is 6.09. The van der Waals surface area contributed by atoms with Crippen LogP contribution < -0.4 is 5.73 Å². The Hall–Kier alpha value is -0.820. The fraction of sp³-hybridized carbons (Fsp3) is 0.333. The summed E-state index contributed by atoms with van der Waals surface area (Å²) in [7, 11) is 0. The topological polar surface area (TPSA) is 26.0 Å². The van der Waals surface area contributed by atoms with Crippen LogP contribution in [0.1, 0.15) is 12.8 Å². The third-order valence-electron chi connectivity index (χ3n) is 1.70. The largest absolute Gasteiger partial charge is 0.321 e. The van der Waals surface area contributed by atoms with Gasteiger partial charge in [-0.15, -0.1) is 6.58 Å². The van der Waals surface area contributed by atoms with Gasteiger partial charge in [0.05, 0.1) is 0 Å². The lowest BCUT2D eigenvalue weighted by Gasteiger charge is -2.24. The first-order valence-electron chi connectivity index (χ1n) is 3.51. The average Bonchev–Trinajstić information content (AvgIpc) is 1.89. The summed E-state index contributed by atoms with van der Waals surface area (Å²) in [5, 5.41) is 0. The monoisotopic (exact) mass is 135 g/mol. The van der Waals surface area contributed by atoms with Crippen LogP contribution >= 0.6 is 0 Å². The first-order chi connectivity index (χ1) is 4.77. The molecule has 10 heavy (non-hydrogen) atoms. The van der Waals surface area contributed by atoms with Crippen molar-refractivity contribution >= 4 is 0 Å². The third kappa shape index (κ3) is 1.58. The van der Waals surface area contributed by atoms with Crippen molar-refractivity contribution in [2.45, 2.75) is 18.4 Å². The van der Waals surface area contributed by atoms with E-state index < -0.39 is 0 Å². The van der Waals surface area contributed by atoms with Gasteiger partial charge < -0.3 is 5.73 Å². The first-order valence-corrected chi connectivity index (χ1v) is 3.51. The van der Waals surface area contributed by atoms with E-state index >= 15 is 0 Å². The minimum atomic E-state index is -0.156. The van der Waals surface area contributed by atoms with Gasteiger partial charge in [0.2, 0.25) is 0 Å².